The lowest BCUT2D eigenvalue weighted by Gasteiger charge is -2.07. The van der Waals surface area contributed by atoms with Crippen molar-refractivity contribution in [1.82, 2.24) is 19.8 Å². The van der Waals surface area contributed by atoms with Gasteiger partial charge in [0, 0.05) is 13.2 Å². The maximum absolute atomic E-state index is 11.3. The molecule has 0 amide bonds. The van der Waals surface area contributed by atoms with Crippen LogP contribution in [0.1, 0.15) is 20.3 Å². The smallest absolute Gasteiger partial charge is 0.364 e. The number of fused-ring (bicyclic) bond motifs is 1. The van der Waals surface area contributed by atoms with E-state index < -0.39 is 0 Å². The van der Waals surface area contributed by atoms with E-state index in [1.54, 1.807) is 12.1 Å². The van der Waals surface area contributed by atoms with E-state index in [1.807, 2.05) is 0 Å². The Morgan fingerprint density at radius 1 is 1.42 bits per heavy atom. The van der Waals surface area contributed by atoms with Crippen molar-refractivity contribution in [1.29, 1.82) is 0 Å². The molecule has 0 atom stereocenters. The van der Waals surface area contributed by atoms with Gasteiger partial charge >= 0.3 is 5.69 Å². The maximum Gasteiger partial charge on any atom is 0.364 e. The lowest BCUT2D eigenvalue weighted by molar-refractivity contribution is 0.132. The number of hydrogen-bond donors (Lipinski definition) is 2. The Kier molecular flexibility index (Phi) is 4.51. The molecule has 0 unspecified atom stereocenters. The highest BCUT2D eigenvalue weighted by Gasteiger charge is 2.02. The SMILES string of the molecule is CC(C)CCOCCNc1ccc2n[nH]c(=O)n2n1. The fraction of sp³-hybridized carbons (Fsp3) is 0.583. The number of aromatic amines is 1. The minimum Gasteiger partial charge on any atom is -0.380 e. The minimum absolute atomic E-state index is 0.341. The second kappa shape index (κ2) is 6.33. The van der Waals surface area contributed by atoms with Gasteiger partial charge in [0.15, 0.2) is 5.65 Å². The zero-order valence-corrected chi connectivity index (χ0v) is 11.2. The molecule has 0 bridgehead atoms. The van der Waals surface area contributed by atoms with E-state index in [9.17, 15) is 4.79 Å². The normalized spacial score (nSPS) is 11.3. The van der Waals surface area contributed by atoms with Crippen LogP contribution in [0.4, 0.5) is 5.82 Å². The highest BCUT2D eigenvalue weighted by Crippen LogP contribution is 2.02. The molecular formula is C12H19N5O2. The minimum atomic E-state index is -0.341. The second-order valence-electron chi connectivity index (χ2n) is 4.74. The van der Waals surface area contributed by atoms with Crippen molar-refractivity contribution in [2.45, 2.75) is 20.3 Å². The van der Waals surface area contributed by atoms with Gasteiger partial charge in [0.1, 0.15) is 5.82 Å². The largest absolute Gasteiger partial charge is 0.380 e. The molecule has 0 aliphatic carbocycles. The molecule has 2 heterocycles. The van der Waals surface area contributed by atoms with Crippen molar-refractivity contribution in [2.75, 3.05) is 25.1 Å². The molecule has 0 aromatic carbocycles. The summed E-state index contributed by atoms with van der Waals surface area (Å²) in [6, 6.07) is 3.51. The van der Waals surface area contributed by atoms with E-state index in [1.165, 1.54) is 4.52 Å². The van der Waals surface area contributed by atoms with Gasteiger partial charge in [0.25, 0.3) is 0 Å². The quantitative estimate of drug-likeness (QED) is 0.726. The molecule has 2 N–H and O–H groups in total. The van der Waals surface area contributed by atoms with Gasteiger partial charge in [0.05, 0.1) is 6.61 Å². The van der Waals surface area contributed by atoms with Gasteiger partial charge in [-0.3, -0.25) is 0 Å². The standard InChI is InChI=1S/C12H19N5O2/c1-9(2)5-7-19-8-6-13-10-3-4-11-14-15-12(18)17(11)16-10/h3-4,9H,5-8H2,1-2H3,(H,13,16)(H,15,18). The van der Waals surface area contributed by atoms with Crippen molar-refractivity contribution >= 4 is 11.5 Å². The van der Waals surface area contributed by atoms with Gasteiger partial charge in [-0.1, -0.05) is 13.8 Å². The van der Waals surface area contributed by atoms with Crippen LogP contribution >= 0.6 is 0 Å². The van der Waals surface area contributed by atoms with Crippen LogP contribution < -0.4 is 11.0 Å². The number of H-pyrrole nitrogens is 1. The molecule has 0 fully saturated rings. The molecule has 104 valence electrons. The summed E-state index contributed by atoms with van der Waals surface area (Å²) in [6.45, 7) is 6.38. The van der Waals surface area contributed by atoms with Crippen molar-refractivity contribution in [3.63, 3.8) is 0 Å². The molecule has 0 aliphatic heterocycles. The van der Waals surface area contributed by atoms with Crippen molar-refractivity contribution < 1.29 is 4.74 Å². The Morgan fingerprint density at radius 2 is 2.26 bits per heavy atom. The fourth-order valence-corrected chi connectivity index (χ4v) is 1.57. The van der Waals surface area contributed by atoms with E-state index >= 15 is 0 Å². The molecule has 0 spiro atoms. The molecule has 7 nitrogen and oxygen atoms in total. The van der Waals surface area contributed by atoms with Gasteiger partial charge in [0.2, 0.25) is 0 Å². The van der Waals surface area contributed by atoms with E-state index in [0.29, 0.717) is 30.5 Å². The zero-order chi connectivity index (χ0) is 13.7. The summed E-state index contributed by atoms with van der Waals surface area (Å²) >= 11 is 0. The Morgan fingerprint density at radius 3 is 3.05 bits per heavy atom. The van der Waals surface area contributed by atoms with Crippen LogP contribution in [0, 0.1) is 5.92 Å². The summed E-state index contributed by atoms with van der Waals surface area (Å²) in [5.41, 5.74) is 0.163. The molecule has 0 aliphatic rings. The number of anilines is 1. The van der Waals surface area contributed by atoms with Gasteiger partial charge in [-0.05, 0) is 24.5 Å². The zero-order valence-electron chi connectivity index (χ0n) is 11.2. The number of nitrogens with zero attached hydrogens (tertiary/aromatic N) is 3. The number of ether oxygens (including phenoxy) is 1. The van der Waals surface area contributed by atoms with E-state index in [4.69, 9.17) is 4.74 Å². The summed E-state index contributed by atoms with van der Waals surface area (Å²) in [7, 11) is 0. The molecular weight excluding hydrogens is 246 g/mol. The van der Waals surface area contributed by atoms with Gasteiger partial charge in [-0.2, -0.15) is 9.61 Å². The van der Waals surface area contributed by atoms with Crippen LogP contribution in [0.25, 0.3) is 5.65 Å². The maximum atomic E-state index is 11.3. The first-order valence-corrected chi connectivity index (χ1v) is 6.43. The monoisotopic (exact) mass is 265 g/mol. The third-order valence-electron chi connectivity index (χ3n) is 2.67. The van der Waals surface area contributed by atoms with Crippen LogP contribution in [-0.4, -0.2) is 39.6 Å². The molecule has 2 aromatic rings. The number of aromatic nitrogens is 4. The van der Waals surface area contributed by atoms with E-state index in [2.05, 4.69) is 34.5 Å². The summed E-state index contributed by atoms with van der Waals surface area (Å²) < 4.78 is 6.71. The first-order valence-electron chi connectivity index (χ1n) is 6.43. The predicted octanol–water partition coefficient (Wildman–Crippen LogP) is 0.892. The van der Waals surface area contributed by atoms with E-state index in [-0.39, 0.29) is 5.69 Å². The van der Waals surface area contributed by atoms with Crippen LogP contribution in [0.15, 0.2) is 16.9 Å². The summed E-state index contributed by atoms with van der Waals surface area (Å²) in [6.07, 6.45) is 1.06. The third kappa shape index (κ3) is 3.78. The van der Waals surface area contributed by atoms with Crippen molar-refractivity contribution in [3.8, 4) is 0 Å². The molecule has 7 heteroatoms. The van der Waals surface area contributed by atoms with Crippen LogP contribution in [-0.2, 0) is 4.74 Å². The van der Waals surface area contributed by atoms with Crippen molar-refractivity contribution in [3.05, 3.63) is 22.6 Å². The Hall–Kier alpha value is -1.89. The second-order valence-corrected chi connectivity index (χ2v) is 4.74. The Bertz CT molecular complexity index is 575. The van der Waals surface area contributed by atoms with Gasteiger partial charge in [-0.25, -0.2) is 9.89 Å². The molecule has 19 heavy (non-hydrogen) atoms. The molecule has 0 saturated heterocycles. The van der Waals surface area contributed by atoms with Crippen molar-refractivity contribution in [2.24, 2.45) is 5.92 Å². The molecule has 0 saturated carbocycles. The van der Waals surface area contributed by atoms with Crippen LogP contribution in [0.5, 0.6) is 0 Å². The summed E-state index contributed by atoms with van der Waals surface area (Å²) in [5.74, 6) is 1.29. The predicted molar refractivity (Wildman–Crippen MR) is 72.4 cm³/mol. The van der Waals surface area contributed by atoms with Gasteiger partial charge in [-0.15, -0.1) is 5.10 Å². The van der Waals surface area contributed by atoms with E-state index in [0.717, 1.165) is 13.0 Å². The van der Waals surface area contributed by atoms with Gasteiger partial charge < -0.3 is 10.1 Å². The summed E-state index contributed by atoms with van der Waals surface area (Å²) in [4.78, 5) is 11.3. The Labute approximate surface area is 111 Å². The third-order valence-corrected chi connectivity index (χ3v) is 2.67. The highest BCUT2D eigenvalue weighted by atomic mass is 16.5. The number of rotatable bonds is 7. The fourth-order valence-electron chi connectivity index (χ4n) is 1.57. The number of hydrogen-bond acceptors (Lipinski definition) is 5. The molecule has 2 aromatic heterocycles. The van der Waals surface area contributed by atoms with Crippen LogP contribution in [0.3, 0.4) is 0 Å². The Balaban J connectivity index is 1.78. The highest BCUT2D eigenvalue weighted by molar-refractivity contribution is 5.42. The summed E-state index contributed by atoms with van der Waals surface area (Å²) in [5, 5.41) is 13.4. The number of nitrogens with one attached hydrogen (secondary N) is 2. The lowest BCUT2D eigenvalue weighted by atomic mass is 10.1. The first kappa shape index (κ1) is 13.5. The average molecular weight is 265 g/mol. The molecule has 0 radical (unpaired) electrons. The first-order chi connectivity index (χ1) is 9.16. The molecule has 2 rings (SSSR count). The topological polar surface area (TPSA) is 84.3 Å². The lowest BCUT2D eigenvalue weighted by Crippen LogP contribution is -2.16. The average Bonchev–Trinajstić information content (AvgIpc) is 2.75. The van der Waals surface area contributed by atoms with Crippen LogP contribution in [0.2, 0.25) is 0 Å².